The summed E-state index contributed by atoms with van der Waals surface area (Å²) in [6.45, 7) is 4.31. The van der Waals surface area contributed by atoms with Gasteiger partial charge in [-0.3, -0.25) is 0 Å². The van der Waals surface area contributed by atoms with Crippen LogP contribution in [0.5, 0.6) is 0 Å². The van der Waals surface area contributed by atoms with E-state index in [1.165, 1.54) is 5.75 Å². The molecule has 1 rings (SSSR count). The second-order valence-electron chi connectivity index (χ2n) is 3.70. The van der Waals surface area contributed by atoms with E-state index in [0.29, 0.717) is 17.5 Å². The molecular weight excluding hydrogens is 220 g/mol. The van der Waals surface area contributed by atoms with Crippen molar-refractivity contribution in [2.45, 2.75) is 26.3 Å². The summed E-state index contributed by atoms with van der Waals surface area (Å²) in [5.74, 6) is 3.51. The van der Waals surface area contributed by atoms with Crippen molar-refractivity contribution < 1.29 is 0 Å². The minimum absolute atomic E-state index is 0.389. The number of aromatic nitrogens is 1. The molecule has 0 aromatic carbocycles. The average molecular weight is 240 g/mol. The lowest BCUT2D eigenvalue weighted by molar-refractivity contribution is 0.767. The number of anilines is 3. The summed E-state index contributed by atoms with van der Waals surface area (Å²) in [5.41, 5.74) is 11.8. The van der Waals surface area contributed by atoms with Crippen LogP contribution in [0.3, 0.4) is 0 Å². The van der Waals surface area contributed by atoms with Crippen LogP contribution >= 0.6 is 11.8 Å². The first kappa shape index (κ1) is 13.0. The van der Waals surface area contributed by atoms with E-state index < -0.39 is 0 Å². The van der Waals surface area contributed by atoms with Crippen LogP contribution < -0.4 is 16.8 Å². The Kier molecular flexibility index (Phi) is 5.25. The minimum atomic E-state index is 0.389. The molecule has 1 aromatic heterocycles. The maximum atomic E-state index is 5.64. The largest absolute Gasteiger partial charge is 0.396 e. The maximum Gasteiger partial charge on any atom is 0.149 e. The third kappa shape index (κ3) is 4.18. The molecule has 0 amide bonds. The Labute approximate surface area is 101 Å². The summed E-state index contributed by atoms with van der Waals surface area (Å²) < 4.78 is 0. The van der Waals surface area contributed by atoms with Gasteiger partial charge in [0.2, 0.25) is 0 Å². The van der Waals surface area contributed by atoms with Crippen molar-refractivity contribution in [2.75, 3.05) is 28.3 Å². The standard InChI is InChI=1S/C11H20N4S/c1-3-16-7-6-8(2)14-10-5-4-9(12)11(13)15-10/h4-5,8H,3,6-7,12H2,1-2H3,(H3,13,14,15). The summed E-state index contributed by atoms with van der Waals surface area (Å²) >= 11 is 1.95. The highest BCUT2D eigenvalue weighted by molar-refractivity contribution is 7.99. The van der Waals surface area contributed by atoms with Gasteiger partial charge in [-0.1, -0.05) is 6.92 Å². The van der Waals surface area contributed by atoms with Crippen molar-refractivity contribution in [3.8, 4) is 0 Å². The number of hydrogen-bond donors (Lipinski definition) is 3. The van der Waals surface area contributed by atoms with Crippen LogP contribution in [0.1, 0.15) is 20.3 Å². The molecule has 1 heterocycles. The van der Waals surface area contributed by atoms with Crippen molar-refractivity contribution >= 4 is 29.1 Å². The molecule has 4 nitrogen and oxygen atoms in total. The van der Waals surface area contributed by atoms with Crippen LogP contribution in [-0.4, -0.2) is 22.5 Å². The number of rotatable bonds is 6. The highest BCUT2D eigenvalue weighted by Crippen LogP contribution is 2.16. The van der Waals surface area contributed by atoms with Crippen LogP contribution in [0.4, 0.5) is 17.3 Å². The van der Waals surface area contributed by atoms with Gasteiger partial charge in [0.25, 0.3) is 0 Å². The molecule has 1 unspecified atom stereocenters. The van der Waals surface area contributed by atoms with Gasteiger partial charge in [0.1, 0.15) is 11.6 Å². The monoisotopic (exact) mass is 240 g/mol. The number of nitrogens with one attached hydrogen (secondary N) is 1. The molecule has 0 bridgehead atoms. The van der Waals surface area contributed by atoms with Gasteiger partial charge in [0.15, 0.2) is 0 Å². The maximum absolute atomic E-state index is 5.64. The number of hydrogen-bond acceptors (Lipinski definition) is 5. The van der Waals surface area contributed by atoms with Crippen LogP contribution in [0.2, 0.25) is 0 Å². The van der Waals surface area contributed by atoms with Crippen LogP contribution in [-0.2, 0) is 0 Å². The summed E-state index contributed by atoms with van der Waals surface area (Å²) in [6.07, 6.45) is 1.12. The van der Waals surface area contributed by atoms with Crippen molar-refractivity contribution in [1.29, 1.82) is 0 Å². The fourth-order valence-corrected chi connectivity index (χ4v) is 2.10. The minimum Gasteiger partial charge on any atom is -0.396 e. The molecule has 5 heteroatoms. The summed E-state index contributed by atoms with van der Waals surface area (Å²) in [5, 5.41) is 3.31. The van der Waals surface area contributed by atoms with Crippen molar-refractivity contribution in [3.05, 3.63) is 12.1 Å². The number of nitrogen functional groups attached to an aromatic ring is 2. The lowest BCUT2D eigenvalue weighted by Gasteiger charge is -2.14. The first-order valence-corrected chi connectivity index (χ1v) is 6.65. The normalized spacial score (nSPS) is 12.4. The van der Waals surface area contributed by atoms with E-state index in [2.05, 4.69) is 24.1 Å². The molecule has 1 aromatic rings. The Hall–Kier alpha value is -1.10. The molecular formula is C11H20N4S. The van der Waals surface area contributed by atoms with Gasteiger partial charge in [-0.2, -0.15) is 11.8 Å². The average Bonchev–Trinajstić information content (AvgIpc) is 2.24. The quantitative estimate of drug-likeness (QED) is 0.664. The second kappa shape index (κ2) is 6.48. The lowest BCUT2D eigenvalue weighted by atomic mass is 10.2. The lowest BCUT2D eigenvalue weighted by Crippen LogP contribution is -2.17. The van der Waals surface area contributed by atoms with Gasteiger partial charge in [0.05, 0.1) is 5.69 Å². The van der Waals surface area contributed by atoms with Gasteiger partial charge < -0.3 is 16.8 Å². The third-order valence-electron chi connectivity index (χ3n) is 2.25. The summed E-state index contributed by atoms with van der Waals surface area (Å²) in [4.78, 5) is 4.18. The summed E-state index contributed by atoms with van der Waals surface area (Å²) in [6, 6.07) is 4.03. The topological polar surface area (TPSA) is 77.0 Å². The highest BCUT2D eigenvalue weighted by atomic mass is 32.2. The molecule has 0 aliphatic carbocycles. The van der Waals surface area contributed by atoms with Gasteiger partial charge in [0, 0.05) is 6.04 Å². The number of nitrogens with two attached hydrogens (primary N) is 2. The Bertz CT molecular complexity index is 330. The van der Waals surface area contributed by atoms with E-state index in [9.17, 15) is 0 Å². The zero-order valence-corrected chi connectivity index (χ0v) is 10.7. The molecule has 0 aliphatic heterocycles. The van der Waals surface area contributed by atoms with Gasteiger partial charge >= 0.3 is 0 Å². The third-order valence-corrected chi connectivity index (χ3v) is 3.18. The van der Waals surface area contributed by atoms with E-state index in [0.717, 1.165) is 18.0 Å². The molecule has 0 saturated heterocycles. The molecule has 1 atom stereocenters. The van der Waals surface area contributed by atoms with E-state index >= 15 is 0 Å². The van der Waals surface area contributed by atoms with E-state index in [1.54, 1.807) is 6.07 Å². The van der Waals surface area contributed by atoms with E-state index in [1.807, 2.05) is 17.8 Å². The molecule has 90 valence electrons. The predicted molar refractivity (Wildman–Crippen MR) is 73.8 cm³/mol. The number of thioether (sulfide) groups is 1. The Balaban J connectivity index is 2.43. The smallest absolute Gasteiger partial charge is 0.149 e. The zero-order valence-electron chi connectivity index (χ0n) is 9.86. The summed E-state index contributed by atoms with van der Waals surface area (Å²) in [7, 11) is 0. The number of pyridine rings is 1. The molecule has 0 radical (unpaired) electrons. The molecule has 0 aliphatic rings. The highest BCUT2D eigenvalue weighted by Gasteiger charge is 2.04. The SMILES string of the molecule is CCSCCC(C)Nc1ccc(N)c(N)n1. The van der Waals surface area contributed by atoms with Crippen molar-refractivity contribution in [1.82, 2.24) is 4.98 Å². The van der Waals surface area contributed by atoms with Crippen LogP contribution in [0, 0.1) is 0 Å². The predicted octanol–water partition coefficient (Wildman–Crippen LogP) is 2.19. The van der Waals surface area contributed by atoms with Crippen LogP contribution in [0.25, 0.3) is 0 Å². The Morgan fingerprint density at radius 1 is 1.44 bits per heavy atom. The van der Waals surface area contributed by atoms with Crippen molar-refractivity contribution in [3.63, 3.8) is 0 Å². The van der Waals surface area contributed by atoms with Crippen molar-refractivity contribution in [2.24, 2.45) is 0 Å². The first-order valence-electron chi connectivity index (χ1n) is 5.49. The molecule has 0 fully saturated rings. The van der Waals surface area contributed by atoms with Crippen LogP contribution in [0.15, 0.2) is 12.1 Å². The molecule has 16 heavy (non-hydrogen) atoms. The fourth-order valence-electron chi connectivity index (χ4n) is 1.30. The molecule has 0 spiro atoms. The number of nitrogens with zero attached hydrogens (tertiary/aromatic N) is 1. The van der Waals surface area contributed by atoms with Gasteiger partial charge in [-0.15, -0.1) is 0 Å². The molecule has 5 N–H and O–H groups in total. The zero-order chi connectivity index (χ0) is 12.0. The van der Waals surface area contributed by atoms with E-state index in [-0.39, 0.29) is 0 Å². The first-order chi connectivity index (χ1) is 7.63. The molecule has 0 saturated carbocycles. The Morgan fingerprint density at radius 3 is 2.81 bits per heavy atom. The Morgan fingerprint density at radius 2 is 2.19 bits per heavy atom. The van der Waals surface area contributed by atoms with Gasteiger partial charge in [-0.05, 0) is 37.0 Å². The second-order valence-corrected chi connectivity index (χ2v) is 5.10. The van der Waals surface area contributed by atoms with Gasteiger partial charge in [-0.25, -0.2) is 4.98 Å². The van der Waals surface area contributed by atoms with E-state index in [4.69, 9.17) is 11.5 Å². The fraction of sp³-hybridized carbons (Fsp3) is 0.545.